The standard InChI is InChI=1S/C57H68N10O13S2/c1-11-39-17-19-41(55(29-39)79-21-13-15-23-81(69,70)71)60-62-45-33-53(77-9)49(27-37(45)5)66-64-43-31-51(75-7)47(25-35(43)3)58-57(68)59-48-26-36(4)44(32-52(48)76-8)65-67-50-28-38(6)46(34-54(50)78-10)63-61-42-20-18-40(12-2)30-56(42)80-22-14-16-24-82(72,73)74/h17-20,25-34H,11-16,21-24H2,1-10H3,(H2,58,59,68)(H,69,70,71)(H,72,73,74). The van der Waals surface area contributed by atoms with Crippen LogP contribution in [0.3, 0.4) is 0 Å². The van der Waals surface area contributed by atoms with Gasteiger partial charge in [-0.1, -0.05) is 26.0 Å². The predicted molar refractivity (Wildman–Crippen MR) is 314 cm³/mol. The Bertz CT molecular complexity index is 3380. The number of aryl methyl sites for hydroxylation is 6. The number of carbonyl (C=O) groups is 1. The average Bonchev–Trinajstić information content (AvgIpc) is 3.65. The number of urea groups is 1. The number of nitrogens with zero attached hydrogens (tertiary/aromatic N) is 8. The molecule has 6 aromatic carbocycles. The zero-order valence-electron chi connectivity index (χ0n) is 47.4. The van der Waals surface area contributed by atoms with Crippen LogP contribution in [0.2, 0.25) is 0 Å². The Hall–Kier alpha value is -8.39. The van der Waals surface area contributed by atoms with E-state index < -0.39 is 26.3 Å². The van der Waals surface area contributed by atoms with E-state index in [4.69, 9.17) is 37.5 Å². The molecule has 0 saturated carbocycles. The van der Waals surface area contributed by atoms with Crippen LogP contribution in [0.25, 0.3) is 0 Å². The summed E-state index contributed by atoms with van der Waals surface area (Å²) in [5.41, 5.74) is 9.32. The van der Waals surface area contributed by atoms with Gasteiger partial charge >= 0.3 is 6.03 Å². The maximum absolute atomic E-state index is 13.6. The molecule has 0 unspecified atom stereocenters. The van der Waals surface area contributed by atoms with Gasteiger partial charge in [-0.3, -0.25) is 9.11 Å². The lowest BCUT2D eigenvalue weighted by molar-refractivity contribution is 0.262. The van der Waals surface area contributed by atoms with Crippen molar-refractivity contribution in [1.82, 2.24) is 0 Å². The largest absolute Gasteiger partial charge is 0.494 e. The number of anilines is 2. The Labute approximate surface area is 477 Å². The summed E-state index contributed by atoms with van der Waals surface area (Å²) >= 11 is 0. The monoisotopic (exact) mass is 1160 g/mol. The first kappa shape index (κ1) is 62.8. The van der Waals surface area contributed by atoms with Gasteiger partial charge in [0.15, 0.2) is 0 Å². The molecule has 0 aliphatic carbocycles. The number of hydrogen-bond acceptors (Lipinski definition) is 19. The van der Waals surface area contributed by atoms with Crippen LogP contribution < -0.4 is 39.1 Å². The van der Waals surface area contributed by atoms with Crippen molar-refractivity contribution in [2.45, 2.75) is 80.1 Å². The summed E-state index contributed by atoms with van der Waals surface area (Å²) in [6.45, 7) is 11.8. The van der Waals surface area contributed by atoms with Gasteiger partial charge in [0.05, 0.1) is 87.3 Å². The number of ether oxygens (including phenoxy) is 6. The second kappa shape index (κ2) is 29.4. The van der Waals surface area contributed by atoms with E-state index in [0.717, 1.165) is 35.1 Å². The Morgan fingerprint density at radius 3 is 1.06 bits per heavy atom. The van der Waals surface area contributed by atoms with E-state index in [1.165, 1.54) is 28.4 Å². The smallest absolute Gasteiger partial charge is 0.323 e. The molecule has 0 fully saturated rings. The zero-order chi connectivity index (χ0) is 59.6. The van der Waals surface area contributed by atoms with Crippen LogP contribution in [0.15, 0.2) is 126 Å². The fourth-order valence-corrected chi connectivity index (χ4v) is 9.06. The number of unbranched alkanes of at least 4 members (excludes halogenated alkanes) is 2. The molecule has 0 bridgehead atoms. The molecule has 436 valence electrons. The van der Waals surface area contributed by atoms with E-state index in [-0.39, 0.29) is 37.6 Å². The molecule has 0 saturated heterocycles. The SMILES string of the molecule is CCc1ccc(N=Nc2cc(OC)c(N=Nc3cc(OC)c(NC(=O)Nc4cc(C)c(N=Nc5cc(C)c(N=Nc6ccc(CC)cc6OCCCCS(=O)(=O)O)cc5OC)cc4OC)cc3C)cc2C)c(OCCCCS(=O)(=O)O)c1. The van der Waals surface area contributed by atoms with Crippen molar-refractivity contribution in [3.8, 4) is 34.5 Å². The lowest BCUT2D eigenvalue weighted by Crippen LogP contribution is -2.20. The second-order valence-electron chi connectivity index (χ2n) is 18.7. The van der Waals surface area contributed by atoms with Crippen molar-refractivity contribution in [3.63, 3.8) is 0 Å². The molecule has 82 heavy (non-hydrogen) atoms. The third-order valence-electron chi connectivity index (χ3n) is 12.6. The van der Waals surface area contributed by atoms with Crippen LogP contribution in [-0.4, -0.2) is 85.1 Å². The van der Waals surface area contributed by atoms with E-state index in [1.807, 2.05) is 65.8 Å². The molecule has 0 spiro atoms. The minimum atomic E-state index is -4.05. The molecule has 0 aromatic heterocycles. The first-order chi connectivity index (χ1) is 39.1. The Morgan fingerprint density at radius 2 is 0.732 bits per heavy atom. The van der Waals surface area contributed by atoms with Gasteiger partial charge in [-0.05, 0) is 148 Å². The summed E-state index contributed by atoms with van der Waals surface area (Å²) in [6.07, 6.45) is 2.85. The first-order valence-corrected chi connectivity index (χ1v) is 29.3. The Kier molecular flexibility index (Phi) is 22.5. The molecule has 0 atom stereocenters. The van der Waals surface area contributed by atoms with Crippen molar-refractivity contribution in [2.75, 3.05) is 63.8 Å². The maximum atomic E-state index is 13.6. The minimum Gasteiger partial charge on any atom is -0.494 e. The van der Waals surface area contributed by atoms with Crippen molar-refractivity contribution in [3.05, 3.63) is 118 Å². The molecule has 0 aliphatic rings. The van der Waals surface area contributed by atoms with E-state index in [0.29, 0.717) is 115 Å². The van der Waals surface area contributed by atoms with Gasteiger partial charge in [0, 0.05) is 24.3 Å². The first-order valence-electron chi connectivity index (χ1n) is 26.1. The maximum Gasteiger partial charge on any atom is 0.323 e. The van der Waals surface area contributed by atoms with Gasteiger partial charge in [-0.2, -0.15) is 37.3 Å². The highest BCUT2D eigenvalue weighted by atomic mass is 32.2. The highest BCUT2D eigenvalue weighted by Crippen LogP contribution is 2.42. The van der Waals surface area contributed by atoms with E-state index in [1.54, 1.807) is 60.7 Å². The highest BCUT2D eigenvalue weighted by Gasteiger charge is 2.18. The molecule has 23 nitrogen and oxygen atoms in total. The molecule has 0 heterocycles. The topological polar surface area (TPSA) is 304 Å². The second-order valence-corrected chi connectivity index (χ2v) is 21.8. The van der Waals surface area contributed by atoms with Gasteiger partial charge < -0.3 is 39.1 Å². The van der Waals surface area contributed by atoms with Crippen molar-refractivity contribution >= 4 is 83.1 Å². The number of azo groups is 4. The predicted octanol–water partition coefficient (Wildman–Crippen LogP) is 15.5. The van der Waals surface area contributed by atoms with E-state index in [2.05, 4.69) is 51.5 Å². The molecule has 0 radical (unpaired) electrons. The summed E-state index contributed by atoms with van der Waals surface area (Å²) in [5, 5.41) is 41.7. The van der Waals surface area contributed by atoms with Crippen LogP contribution in [-0.2, 0) is 33.1 Å². The molecular weight excluding hydrogens is 1100 g/mol. The van der Waals surface area contributed by atoms with Crippen molar-refractivity contribution in [1.29, 1.82) is 0 Å². The summed E-state index contributed by atoms with van der Waals surface area (Å²) in [6, 6.07) is 24.3. The molecule has 6 rings (SSSR count). The fraction of sp³-hybridized carbons (Fsp3) is 0.351. The number of hydrogen-bond donors (Lipinski definition) is 4. The van der Waals surface area contributed by atoms with E-state index >= 15 is 0 Å². The molecule has 6 aromatic rings. The van der Waals surface area contributed by atoms with Crippen molar-refractivity contribution < 1.29 is 59.2 Å². The summed E-state index contributed by atoms with van der Waals surface area (Å²) < 4.78 is 97.1. The normalized spacial score (nSPS) is 12.0. The Morgan fingerprint density at radius 1 is 0.415 bits per heavy atom. The molecular formula is C57H68N10O13S2. The third-order valence-corrected chi connectivity index (χ3v) is 14.2. The van der Waals surface area contributed by atoms with Crippen LogP contribution >= 0.6 is 0 Å². The van der Waals surface area contributed by atoms with Gasteiger partial charge in [0.1, 0.15) is 57.2 Å². The van der Waals surface area contributed by atoms with Crippen LogP contribution in [0.1, 0.15) is 72.9 Å². The molecule has 0 aliphatic heterocycles. The minimum absolute atomic E-state index is 0.225. The highest BCUT2D eigenvalue weighted by molar-refractivity contribution is 7.86. The van der Waals surface area contributed by atoms with Gasteiger partial charge in [-0.15, -0.1) is 20.5 Å². The summed E-state index contributed by atoms with van der Waals surface area (Å²) in [5.74, 6) is 1.69. The van der Waals surface area contributed by atoms with Crippen LogP contribution in [0, 0.1) is 27.7 Å². The zero-order valence-corrected chi connectivity index (χ0v) is 49.1. The fourth-order valence-electron chi connectivity index (χ4n) is 7.92. The van der Waals surface area contributed by atoms with Crippen LogP contribution in [0.4, 0.5) is 61.7 Å². The van der Waals surface area contributed by atoms with Gasteiger partial charge in [-0.25, -0.2) is 4.79 Å². The molecule has 2 amide bonds. The van der Waals surface area contributed by atoms with Gasteiger partial charge in [0.2, 0.25) is 0 Å². The Balaban J connectivity index is 1.12. The number of rotatable bonds is 28. The molecule has 4 N–H and O–H groups in total. The quantitative estimate of drug-likeness (QED) is 0.0202. The summed E-state index contributed by atoms with van der Waals surface area (Å²) in [4.78, 5) is 13.6. The van der Waals surface area contributed by atoms with E-state index in [9.17, 15) is 21.6 Å². The van der Waals surface area contributed by atoms with Crippen molar-refractivity contribution in [2.24, 2.45) is 40.9 Å². The van der Waals surface area contributed by atoms with Gasteiger partial charge in [0.25, 0.3) is 20.2 Å². The van der Waals surface area contributed by atoms with Crippen LogP contribution in [0.5, 0.6) is 34.5 Å². The lowest BCUT2D eigenvalue weighted by Gasteiger charge is -2.15. The third kappa shape index (κ3) is 18.3. The number of methoxy groups -OCH3 is 4. The molecule has 25 heteroatoms. The number of amides is 2. The average molecular weight is 1170 g/mol. The summed E-state index contributed by atoms with van der Waals surface area (Å²) in [7, 11) is -2.15. The number of nitrogens with one attached hydrogen (secondary N) is 2. The number of benzene rings is 6. The number of carbonyl (C=O) groups excluding carboxylic acids is 1. The lowest BCUT2D eigenvalue weighted by atomic mass is 10.1.